The molecule has 1 aliphatic rings. The first-order valence-corrected chi connectivity index (χ1v) is 7.95. The van der Waals surface area contributed by atoms with Crippen LogP contribution in [0.2, 0.25) is 0 Å². The highest BCUT2D eigenvalue weighted by Crippen LogP contribution is 2.68. The predicted molar refractivity (Wildman–Crippen MR) is 85.6 cm³/mol. The maximum absolute atomic E-state index is 12.3. The molecule has 0 bridgehead atoms. The van der Waals surface area contributed by atoms with E-state index in [1.807, 2.05) is 4.57 Å². The van der Waals surface area contributed by atoms with Crippen LogP contribution in [0.4, 0.5) is 0 Å². The van der Waals surface area contributed by atoms with E-state index in [9.17, 15) is 4.79 Å². The van der Waals surface area contributed by atoms with Gasteiger partial charge in [0, 0.05) is 24.9 Å². The highest BCUT2D eigenvalue weighted by atomic mass is 32.1. The van der Waals surface area contributed by atoms with Gasteiger partial charge in [0.25, 0.3) is 0 Å². The lowest BCUT2D eigenvalue weighted by Crippen LogP contribution is -2.30. The minimum absolute atomic E-state index is 0.0784. The summed E-state index contributed by atoms with van der Waals surface area (Å²) in [5.41, 5.74) is 0.157. The van der Waals surface area contributed by atoms with Gasteiger partial charge in [-0.1, -0.05) is 27.7 Å². The fourth-order valence-electron chi connectivity index (χ4n) is 3.30. The first kappa shape index (κ1) is 16.2. The van der Waals surface area contributed by atoms with Crippen molar-refractivity contribution in [3.05, 3.63) is 10.6 Å². The summed E-state index contributed by atoms with van der Waals surface area (Å²) in [6, 6.07) is 0.267. The SMILES string of the molecule is CC(C)n1c(CCNC(=O)C2C(C)(C)C2(C)C)n[nH]c1=S. The number of carbonyl (C=O) groups excluding carboxylic acids is 1. The highest BCUT2D eigenvalue weighted by molar-refractivity contribution is 7.71. The van der Waals surface area contributed by atoms with Crippen molar-refractivity contribution in [3.63, 3.8) is 0 Å². The predicted octanol–water partition coefficient (Wildman–Crippen LogP) is 2.86. The lowest BCUT2D eigenvalue weighted by atomic mass is 10.0. The lowest BCUT2D eigenvalue weighted by molar-refractivity contribution is -0.123. The van der Waals surface area contributed by atoms with Gasteiger partial charge in [-0.2, -0.15) is 5.10 Å². The summed E-state index contributed by atoms with van der Waals surface area (Å²) in [6.07, 6.45) is 0.685. The third-order valence-electron chi connectivity index (χ3n) is 5.22. The summed E-state index contributed by atoms with van der Waals surface area (Å²) in [6.45, 7) is 13.4. The Kier molecular flexibility index (Phi) is 4.04. The Bertz CT molecular complexity index is 583. The molecule has 1 amide bonds. The zero-order valence-electron chi connectivity index (χ0n) is 13.8. The van der Waals surface area contributed by atoms with Gasteiger partial charge in [0.1, 0.15) is 5.82 Å². The normalized spacial score (nSPS) is 19.8. The van der Waals surface area contributed by atoms with Crippen LogP contribution in [0, 0.1) is 21.5 Å². The van der Waals surface area contributed by atoms with Crippen molar-refractivity contribution >= 4 is 18.1 Å². The van der Waals surface area contributed by atoms with Gasteiger partial charge in [-0.15, -0.1) is 0 Å². The van der Waals surface area contributed by atoms with Crippen LogP contribution in [0.3, 0.4) is 0 Å². The molecule has 0 unspecified atom stereocenters. The van der Waals surface area contributed by atoms with Crippen LogP contribution in [-0.4, -0.2) is 27.2 Å². The number of nitrogens with zero attached hydrogens (tertiary/aromatic N) is 2. The number of H-pyrrole nitrogens is 1. The smallest absolute Gasteiger partial charge is 0.224 e. The molecule has 1 saturated carbocycles. The Morgan fingerprint density at radius 3 is 2.43 bits per heavy atom. The molecule has 118 valence electrons. The molecule has 21 heavy (non-hydrogen) atoms. The third-order valence-corrected chi connectivity index (χ3v) is 5.51. The van der Waals surface area contributed by atoms with Gasteiger partial charge in [-0.05, 0) is 36.9 Å². The van der Waals surface area contributed by atoms with Crippen LogP contribution in [0.5, 0.6) is 0 Å². The zero-order valence-corrected chi connectivity index (χ0v) is 14.6. The molecule has 0 aliphatic heterocycles. The monoisotopic (exact) mass is 310 g/mol. The first-order valence-electron chi connectivity index (χ1n) is 7.54. The summed E-state index contributed by atoms with van der Waals surface area (Å²) in [7, 11) is 0. The summed E-state index contributed by atoms with van der Waals surface area (Å²) >= 11 is 5.22. The number of hydrogen-bond acceptors (Lipinski definition) is 3. The van der Waals surface area contributed by atoms with Gasteiger partial charge in [0.2, 0.25) is 5.91 Å². The van der Waals surface area contributed by atoms with Crippen molar-refractivity contribution in [2.75, 3.05) is 6.54 Å². The maximum atomic E-state index is 12.3. The Morgan fingerprint density at radius 2 is 1.95 bits per heavy atom. The molecule has 1 heterocycles. The molecule has 6 heteroatoms. The largest absolute Gasteiger partial charge is 0.355 e. The molecule has 0 aromatic carbocycles. The molecule has 1 aromatic rings. The quantitative estimate of drug-likeness (QED) is 0.822. The van der Waals surface area contributed by atoms with Crippen molar-refractivity contribution in [1.82, 2.24) is 20.1 Å². The second-order valence-electron chi connectivity index (χ2n) is 7.33. The Hall–Kier alpha value is -1.17. The molecule has 1 aromatic heterocycles. The van der Waals surface area contributed by atoms with Crippen LogP contribution < -0.4 is 5.32 Å². The Balaban J connectivity index is 1.92. The summed E-state index contributed by atoms with van der Waals surface area (Å²) in [5.74, 6) is 1.13. The van der Waals surface area contributed by atoms with E-state index in [1.54, 1.807) is 0 Å². The van der Waals surface area contributed by atoms with Crippen molar-refractivity contribution in [3.8, 4) is 0 Å². The molecule has 0 saturated heterocycles. The molecule has 1 fully saturated rings. The number of amides is 1. The molecular formula is C15H26N4OS. The van der Waals surface area contributed by atoms with Gasteiger partial charge in [-0.25, -0.2) is 0 Å². The average molecular weight is 310 g/mol. The van der Waals surface area contributed by atoms with E-state index in [4.69, 9.17) is 12.2 Å². The average Bonchev–Trinajstić information content (AvgIpc) is 2.64. The van der Waals surface area contributed by atoms with Gasteiger partial charge < -0.3 is 9.88 Å². The standard InChI is InChI=1S/C15H26N4OS/c1-9(2)19-10(17-18-13(19)21)7-8-16-12(20)11-14(3,4)15(11,5)6/h9,11H,7-8H2,1-6H3,(H,16,20)(H,18,21). The molecule has 5 nitrogen and oxygen atoms in total. The number of rotatable bonds is 5. The second kappa shape index (κ2) is 5.23. The fraction of sp³-hybridized carbons (Fsp3) is 0.800. The molecule has 2 N–H and O–H groups in total. The molecule has 2 rings (SSSR count). The van der Waals surface area contributed by atoms with E-state index in [2.05, 4.69) is 57.1 Å². The number of hydrogen-bond donors (Lipinski definition) is 2. The van der Waals surface area contributed by atoms with Crippen LogP contribution in [-0.2, 0) is 11.2 Å². The molecular weight excluding hydrogens is 284 g/mol. The van der Waals surface area contributed by atoms with E-state index in [0.29, 0.717) is 17.7 Å². The topological polar surface area (TPSA) is 62.7 Å². The van der Waals surface area contributed by atoms with Gasteiger partial charge in [0.05, 0.1) is 0 Å². The van der Waals surface area contributed by atoms with Crippen LogP contribution in [0.1, 0.15) is 53.4 Å². The van der Waals surface area contributed by atoms with Crippen molar-refractivity contribution in [2.45, 2.75) is 54.0 Å². The summed E-state index contributed by atoms with van der Waals surface area (Å²) in [4.78, 5) is 12.3. The first-order chi connectivity index (χ1) is 9.60. The Morgan fingerprint density at radius 1 is 1.38 bits per heavy atom. The maximum Gasteiger partial charge on any atom is 0.224 e. The lowest BCUT2D eigenvalue weighted by Gasteiger charge is -2.11. The van der Waals surface area contributed by atoms with E-state index in [-0.39, 0.29) is 28.7 Å². The van der Waals surface area contributed by atoms with E-state index in [0.717, 1.165) is 5.82 Å². The van der Waals surface area contributed by atoms with E-state index >= 15 is 0 Å². The number of aromatic amines is 1. The molecule has 1 aliphatic carbocycles. The summed E-state index contributed by atoms with van der Waals surface area (Å²) < 4.78 is 2.63. The summed E-state index contributed by atoms with van der Waals surface area (Å²) in [5, 5.41) is 10.1. The second-order valence-corrected chi connectivity index (χ2v) is 7.71. The minimum atomic E-state index is 0.0784. The van der Waals surface area contributed by atoms with E-state index < -0.39 is 0 Å². The highest BCUT2D eigenvalue weighted by Gasteiger charge is 2.68. The van der Waals surface area contributed by atoms with Crippen LogP contribution >= 0.6 is 12.2 Å². The van der Waals surface area contributed by atoms with Gasteiger partial charge >= 0.3 is 0 Å². The van der Waals surface area contributed by atoms with Crippen molar-refractivity contribution in [1.29, 1.82) is 0 Å². The van der Waals surface area contributed by atoms with Crippen molar-refractivity contribution < 1.29 is 4.79 Å². The minimum Gasteiger partial charge on any atom is -0.355 e. The fourth-order valence-corrected chi connectivity index (χ4v) is 3.66. The van der Waals surface area contributed by atoms with Gasteiger partial charge in [-0.3, -0.25) is 9.89 Å². The number of nitrogens with one attached hydrogen (secondary N) is 2. The van der Waals surface area contributed by atoms with Crippen LogP contribution in [0.15, 0.2) is 0 Å². The Labute approximate surface area is 131 Å². The molecule has 0 spiro atoms. The zero-order chi connectivity index (χ0) is 16.0. The van der Waals surface area contributed by atoms with Crippen LogP contribution in [0.25, 0.3) is 0 Å². The number of carbonyl (C=O) groups is 1. The number of aromatic nitrogens is 3. The molecule has 0 radical (unpaired) electrons. The molecule has 0 atom stereocenters. The third kappa shape index (κ3) is 2.65. The van der Waals surface area contributed by atoms with Crippen molar-refractivity contribution in [2.24, 2.45) is 16.7 Å². The van der Waals surface area contributed by atoms with Gasteiger partial charge in [0.15, 0.2) is 4.77 Å². The van der Waals surface area contributed by atoms with E-state index in [1.165, 1.54) is 0 Å².